The molecule has 0 saturated heterocycles. The van der Waals surface area contributed by atoms with Gasteiger partial charge in [-0.15, -0.1) is 0 Å². The summed E-state index contributed by atoms with van der Waals surface area (Å²) in [7, 11) is 0. The maximum atomic E-state index is 10.3. The maximum Gasteiger partial charge on any atom is 0.216 e. The predicted molar refractivity (Wildman–Crippen MR) is 58.2 cm³/mol. The van der Waals surface area contributed by atoms with E-state index in [9.17, 15) is 4.79 Å². The lowest BCUT2D eigenvalue weighted by atomic mass is 10.1. The van der Waals surface area contributed by atoms with Crippen molar-refractivity contribution in [3.8, 4) is 0 Å². The molecule has 3 heteroatoms. The number of hydrogen-bond donors (Lipinski definition) is 0. The largest absolute Gasteiger partial charge is 0.476 e. The number of carbonyl (C=O) groups is 1. The van der Waals surface area contributed by atoms with Crippen LogP contribution in [0.25, 0.3) is 0 Å². The van der Waals surface area contributed by atoms with E-state index in [1.807, 2.05) is 24.3 Å². The molecule has 0 saturated carbocycles. The zero-order valence-corrected chi connectivity index (χ0v) is 8.48. The van der Waals surface area contributed by atoms with Crippen molar-refractivity contribution in [1.82, 2.24) is 0 Å². The highest BCUT2D eigenvalue weighted by atomic mass is 16.5. The molecule has 0 amide bonds. The first-order valence-corrected chi connectivity index (χ1v) is 5.10. The van der Waals surface area contributed by atoms with E-state index in [0.717, 1.165) is 36.3 Å². The van der Waals surface area contributed by atoms with Gasteiger partial charge in [-0.05, 0) is 24.1 Å². The summed E-state index contributed by atoms with van der Waals surface area (Å²) in [6, 6.07) is 8.00. The third kappa shape index (κ3) is 2.43. The third-order valence-corrected chi connectivity index (χ3v) is 2.31. The Labute approximate surface area is 88.8 Å². The first kappa shape index (κ1) is 9.90. The van der Waals surface area contributed by atoms with E-state index in [1.165, 1.54) is 0 Å². The highest BCUT2D eigenvalue weighted by Crippen LogP contribution is 2.11. The van der Waals surface area contributed by atoms with Crippen LogP contribution in [0, 0.1) is 0 Å². The molecule has 78 valence electrons. The molecule has 0 radical (unpaired) electrons. The van der Waals surface area contributed by atoms with Crippen molar-refractivity contribution in [2.45, 2.75) is 12.8 Å². The van der Waals surface area contributed by atoms with Gasteiger partial charge in [0.1, 0.15) is 12.9 Å². The zero-order chi connectivity index (χ0) is 10.5. The average Bonchev–Trinajstić information content (AvgIpc) is 2.80. The Morgan fingerprint density at radius 3 is 3.13 bits per heavy atom. The summed E-state index contributed by atoms with van der Waals surface area (Å²) in [5.74, 6) is 0.725. The number of aliphatic imine (C=N–C) groups is 1. The summed E-state index contributed by atoms with van der Waals surface area (Å²) in [5.41, 5.74) is 2.16. The van der Waals surface area contributed by atoms with E-state index in [2.05, 4.69) is 4.99 Å². The van der Waals surface area contributed by atoms with Crippen molar-refractivity contribution in [2.24, 2.45) is 4.99 Å². The van der Waals surface area contributed by atoms with Gasteiger partial charge in [-0.1, -0.05) is 12.1 Å². The Hall–Kier alpha value is -1.64. The monoisotopic (exact) mass is 203 g/mol. The van der Waals surface area contributed by atoms with Gasteiger partial charge in [-0.2, -0.15) is 0 Å². The van der Waals surface area contributed by atoms with Crippen LogP contribution in [0.15, 0.2) is 29.3 Å². The molecular weight excluding hydrogens is 190 g/mol. The Balaban J connectivity index is 2.14. The normalized spacial score (nSPS) is 14.5. The second-order valence-corrected chi connectivity index (χ2v) is 3.44. The summed E-state index contributed by atoms with van der Waals surface area (Å²) in [5, 5.41) is 0. The molecule has 0 spiro atoms. The minimum atomic E-state index is 0.566. The summed E-state index contributed by atoms with van der Waals surface area (Å²) in [4.78, 5) is 14.5. The van der Waals surface area contributed by atoms with Gasteiger partial charge in [0.25, 0.3) is 0 Å². The number of carbonyl (C=O) groups excluding carboxylic acids is 1. The van der Waals surface area contributed by atoms with Crippen molar-refractivity contribution in [2.75, 3.05) is 13.2 Å². The van der Waals surface area contributed by atoms with Crippen molar-refractivity contribution in [1.29, 1.82) is 0 Å². The fourth-order valence-electron chi connectivity index (χ4n) is 1.60. The van der Waals surface area contributed by atoms with Gasteiger partial charge in [-0.3, -0.25) is 0 Å². The minimum absolute atomic E-state index is 0.566. The average molecular weight is 203 g/mol. The lowest BCUT2D eigenvalue weighted by Gasteiger charge is -2.03. The fraction of sp³-hybridized carbons (Fsp3) is 0.333. The van der Waals surface area contributed by atoms with Crippen molar-refractivity contribution >= 4 is 12.2 Å². The molecule has 1 aliphatic rings. The molecule has 0 aliphatic carbocycles. The quantitative estimate of drug-likeness (QED) is 0.697. The molecule has 2 rings (SSSR count). The zero-order valence-electron chi connectivity index (χ0n) is 8.48. The van der Waals surface area contributed by atoms with Crippen LogP contribution < -0.4 is 0 Å². The molecule has 0 fully saturated rings. The van der Waals surface area contributed by atoms with E-state index in [-0.39, 0.29) is 0 Å². The van der Waals surface area contributed by atoms with E-state index in [4.69, 9.17) is 4.74 Å². The van der Waals surface area contributed by atoms with Gasteiger partial charge >= 0.3 is 0 Å². The molecule has 1 heterocycles. The van der Waals surface area contributed by atoms with E-state index < -0.39 is 0 Å². The van der Waals surface area contributed by atoms with E-state index in [0.29, 0.717) is 13.0 Å². The summed E-state index contributed by atoms with van der Waals surface area (Å²) >= 11 is 0. The number of ether oxygens (including phenoxy) is 1. The number of nitrogens with zero attached hydrogens (tertiary/aromatic N) is 1. The Bertz CT molecular complexity index is 385. The first-order valence-electron chi connectivity index (χ1n) is 5.10. The Morgan fingerprint density at radius 1 is 1.47 bits per heavy atom. The van der Waals surface area contributed by atoms with Crippen LogP contribution in [0.3, 0.4) is 0 Å². The number of benzene rings is 1. The van der Waals surface area contributed by atoms with Crippen molar-refractivity contribution in [3.05, 3.63) is 35.4 Å². The molecule has 1 aliphatic heterocycles. The standard InChI is InChI=1S/C12H13NO2/c14-7-2-4-10-3-1-5-11(9-10)12-13-6-8-15-12/h1,3,5,7,9H,2,4,6,8H2. The summed E-state index contributed by atoms with van der Waals surface area (Å²) in [6.45, 7) is 1.42. The Morgan fingerprint density at radius 2 is 2.40 bits per heavy atom. The van der Waals surface area contributed by atoms with E-state index in [1.54, 1.807) is 0 Å². The number of aldehydes is 1. The lowest BCUT2D eigenvalue weighted by molar-refractivity contribution is -0.107. The lowest BCUT2D eigenvalue weighted by Crippen LogP contribution is -2.01. The second-order valence-electron chi connectivity index (χ2n) is 3.44. The number of aryl methyl sites for hydroxylation is 1. The maximum absolute atomic E-state index is 10.3. The molecule has 0 unspecified atom stereocenters. The van der Waals surface area contributed by atoms with Crippen LogP contribution in [0.2, 0.25) is 0 Å². The van der Waals surface area contributed by atoms with Crippen LogP contribution in [-0.2, 0) is 16.0 Å². The predicted octanol–water partition coefficient (Wildman–Crippen LogP) is 1.59. The van der Waals surface area contributed by atoms with Gasteiger partial charge in [0.05, 0.1) is 6.54 Å². The fourth-order valence-corrected chi connectivity index (χ4v) is 1.60. The topological polar surface area (TPSA) is 38.7 Å². The third-order valence-electron chi connectivity index (χ3n) is 2.31. The van der Waals surface area contributed by atoms with Crippen molar-refractivity contribution in [3.63, 3.8) is 0 Å². The van der Waals surface area contributed by atoms with Gasteiger partial charge in [-0.25, -0.2) is 4.99 Å². The molecule has 1 aromatic carbocycles. The van der Waals surface area contributed by atoms with Crippen LogP contribution in [0.4, 0.5) is 0 Å². The van der Waals surface area contributed by atoms with Gasteiger partial charge in [0, 0.05) is 12.0 Å². The second kappa shape index (κ2) is 4.73. The number of hydrogen-bond acceptors (Lipinski definition) is 3. The van der Waals surface area contributed by atoms with Crippen LogP contribution in [0.1, 0.15) is 17.5 Å². The van der Waals surface area contributed by atoms with E-state index >= 15 is 0 Å². The molecule has 1 aromatic rings. The van der Waals surface area contributed by atoms with Crippen molar-refractivity contribution < 1.29 is 9.53 Å². The van der Waals surface area contributed by atoms with Crippen LogP contribution in [0.5, 0.6) is 0 Å². The molecule has 3 nitrogen and oxygen atoms in total. The van der Waals surface area contributed by atoms with Crippen LogP contribution >= 0.6 is 0 Å². The van der Waals surface area contributed by atoms with Gasteiger partial charge in [0.15, 0.2) is 0 Å². The Kier molecular flexibility index (Phi) is 3.12. The molecular formula is C12H13NO2. The molecule has 0 bridgehead atoms. The minimum Gasteiger partial charge on any atom is -0.476 e. The number of rotatable bonds is 4. The van der Waals surface area contributed by atoms with Crippen LogP contribution in [-0.4, -0.2) is 25.3 Å². The van der Waals surface area contributed by atoms with Gasteiger partial charge in [0.2, 0.25) is 5.90 Å². The SMILES string of the molecule is O=CCCc1cccc(C2=NCCO2)c1. The smallest absolute Gasteiger partial charge is 0.216 e. The van der Waals surface area contributed by atoms with Gasteiger partial charge < -0.3 is 9.53 Å². The molecule has 15 heavy (non-hydrogen) atoms. The highest BCUT2D eigenvalue weighted by Gasteiger charge is 2.09. The first-order chi connectivity index (χ1) is 7.40. The summed E-state index contributed by atoms with van der Waals surface area (Å²) < 4.78 is 5.38. The molecule has 0 atom stereocenters. The summed E-state index contributed by atoms with van der Waals surface area (Å²) in [6.07, 6.45) is 2.29. The molecule has 0 N–H and O–H groups in total. The molecule has 0 aromatic heterocycles. The highest BCUT2D eigenvalue weighted by molar-refractivity contribution is 5.95.